The third-order valence-electron chi connectivity index (χ3n) is 2.56. The molecule has 2 aromatic heterocycles. The second-order valence-electron chi connectivity index (χ2n) is 3.90. The molecule has 0 unspecified atom stereocenters. The molecule has 2 N–H and O–H groups in total. The van der Waals surface area contributed by atoms with E-state index in [0.717, 1.165) is 0 Å². The summed E-state index contributed by atoms with van der Waals surface area (Å²) in [5.74, 6) is -0.397. The van der Waals surface area contributed by atoms with Crippen molar-refractivity contribution >= 4 is 5.91 Å². The van der Waals surface area contributed by atoms with Crippen LogP contribution in [0.1, 0.15) is 24.0 Å². The zero-order chi connectivity index (χ0) is 13.7. The van der Waals surface area contributed by atoms with Crippen molar-refractivity contribution in [3.05, 3.63) is 30.3 Å². The molecule has 0 aliphatic rings. The van der Waals surface area contributed by atoms with Gasteiger partial charge in [-0.25, -0.2) is 0 Å². The predicted molar refractivity (Wildman–Crippen MR) is 66.2 cm³/mol. The monoisotopic (exact) mass is 262 g/mol. The van der Waals surface area contributed by atoms with Crippen molar-refractivity contribution in [3.8, 4) is 11.5 Å². The maximum absolute atomic E-state index is 11.8. The molecule has 2 aromatic rings. The van der Waals surface area contributed by atoms with Gasteiger partial charge in [0.2, 0.25) is 5.82 Å². The minimum atomic E-state index is -0.504. The molecule has 0 fully saturated rings. The average molecular weight is 262 g/mol. The Morgan fingerprint density at radius 2 is 2.37 bits per heavy atom. The summed E-state index contributed by atoms with van der Waals surface area (Å²) in [5, 5.41) is 15.3. The fourth-order valence-electron chi connectivity index (χ4n) is 1.44. The second-order valence-corrected chi connectivity index (χ2v) is 3.90. The minimum Gasteiger partial charge on any atom is -0.394 e. The SMILES string of the molecule is CC[C@H](CO)NC(=O)c1nc(-c2ccccn2)no1. The van der Waals surface area contributed by atoms with Crippen LogP contribution in [0.2, 0.25) is 0 Å². The van der Waals surface area contributed by atoms with E-state index >= 15 is 0 Å². The zero-order valence-electron chi connectivity index (χ0n) is 10.4. The number of aliphatic hydroxyl groups excluding tert-OH is 1. The standard InChI is InChI=1S/C12H14N4O3/c1-2-8(7-17)14-11(18)12-15-10(16-19-12)9-5-3-4-6-13-9/h3-6,8,17H,2,7H2,1H3,(H,14,18)/t8-/m1/s1. The van der Waals surface area contributed by atoms with Crippen molar-refractivity contribution in [2.45, 2.75) is 19.4 Å². The van der Waals surface area contributed by atoms with E-state index in [-0.39, 0.29) is 24.4 Å². The quantitative estimate of drug-likeness (QED) is 0.819. The van der Waals surface area contributed by atoms with Gasteiger partial charge in [0.1, 0.15) is 5.69 Å². The van der Waals surface area contributed by atoms with Crippen molar-refractivity contribution < 1.29 is 14.4 Å². The number of carbonyl (C=O) groups is 1. The van der Waals surface area contributed by atoms with Gasteiger partial charge in [-0.05, 0) is 18.6 Å². The molecule has 0 saturated carbocycles. The summed E-state index contributed by atoms with van der Waals surface area (Å²) >= 11 is 0. The lowest BCUT2D eigenvalue weighted by molar-refractivity contribution is 0.0870. The van der Waals surface area contributed by atoms with Crippen molar-refractivity contribution in [1.82, 2.24) is 20.4 Å². The van der Waals surface area contributed by atoms with Crippen LogP contribution in [-0.4, -0.2) is 38.8 Å². The lowest BCUT2D eigenvalue weighted by Gasteiger charge is -2.11. The molecule has 0 radical (unpaired) electrons. The van der Waals surface area contributed by atoms with Gasteiger partial charge in [-0.3, -0.25) is 9.78 Å². The molecule has 19 heavy (non-hydrogen) atoms. The fraction of sp³-hybridized carbons (Fsp3) is 0.333. The Labute approximate surface area is 109 Å². The van der Waals surface area contributed by atoms with Gasteiger partial charge in [-0.2, -0.15) is 4.98 Å². The van der Waals surface area contributed by atoms with Crippen molar-refractivity contribution in [1.29, 1.82) is 0 Å². The van der Waals surface area contributed by atoms with Gasteiger partial charge in [-0.15, -0.1) is 0 Å². The normalized spacial score (nSPS) is 12.1. The first-order valence-electron chi connectivity index (χ1n) is 5.91. The van der Waals surface area contributed by atoms with Crippen LogP contribution in [0.25, 0.3) is 11.5 Å². The van der Waals surface area contributed by atoms with Crippen LogP contribution < -0.4 is 5.32 Å². The van der Waals surface area contributed by atoms with Gasteiger partial charge in [-0.1, -0.05) is 18.1 Å². The smallest absolute Gasteiger partial charge is 0.316 e. The molecular weight excluding hydrogens is 248 g/mol. The second kappa shape index (κ2) is 6.05. The summed E-state index contributed by atoms with van der Waals surface area (Å²) in [6.45, 7) is 1.72. The number of pyridine rings is 1. The average Bonchev–Trinajstić information content (AvgIpc) is 2.95. The first kappa shape index (κ1) is 13.2. The fourth-order valence-corrected chi connectivity index (χ4v) is 1.44. The molecule has 2 rings (SSSR count). The Morgan fingerprint density at radius 3 is 3.00 bits per heavy atom. The van der Waals surface area contributed by atoms with Crippen LogP contribution in [-0.2, 0) is 0 Å². The number of aromatic nitrogens is 3. The third kappa shape index (κ3) is 3.14. The van der Waals surface area contributed by atoms with E-state index in [9.17, 15) is 4.79 Å². The number of hydrogen-bond acceptors (Lipinski definition) is 6. The Balaban J connectivity index is 2.11. The van der Waals surface area contributed by atoms with Crippen LogP contribution in [0, 0.1) is 0 Å². The number of rotatable bonds is 5. The Hall–Kier alpha value is -2.28. The number of nitrogens with one attached hydrogen (secondary N) is 1. The first-order valence-corrected chi connectivity index (χ1v) is 5.91. The number of hydrogen-bond donors (Lipinski definition) is 2. The van der Waals surface area contributed by atoms with Gasteiger partial charge >= 0.3 is 11.8 Å². The lowest BCUT2D eigenvalue weighted by Crippen LogP contribution is -2.37. The van der Waals surface area contributed by atoms with Crippen molar-refractivity contribution in [2.75, 3.05) is 6.61 Å². The van der Waals surface area contributed by atoms with E-state index in [1.165, 1.54) is 0 Å². The highest BCUT2D eigenvalue weighted by Gasteiger charge is 2.18. The van der Waals surface area contributed by atoms with Gasteiger partial charge in [0.05, 0.1) is 12.6 Å². The van der Waals surface area contributed by atoms with Crippen molar-refractivity contribution in [3.63, 3.8) is 0 Å². The predicted octanol–water partition coefficient (Wildman–Crippen LogP) is 0.632. The summed E-state index contributed by atoms with van der Waals surface area (Å²) in [6, 6.07) is 4.95. The summed E-state index contributed by atoms with van der Waals surface area (Å²) in [5.41, 5.74) is 0.527. The maximum Gasteiger partial charge on any atom is 0.316 e. The molecule has 0 bridgehead atoms. The molecule has 7 heteroatoms. The molecular formula is C12H14N4O3. The molecule has 1 atom stereocenters. The Morgan fingerprint density at radius 1 is 1.53 bits per heavy atom. The molecule has 0 aliphatic carbocycles. The van der Waals surface area contributed by atoms with Crippen LogP contribution in [0.3, 0.4) is 0 Å². The largest absolute Gasteiger partial charge is 0.394 e. The number of aliphatic hydroxyl groups is 1. The van der Waals surface area contributed by atoms with E-state index in [1.54, 1.807) is 24.4 Å². The van der Waals surface area contributed by atoms with Gasteiger partial charge in [0, 0.05) is 6.20 Å². The minimum absolute atomic E-state index is 0.135. The first-order chi connectivity index (χ1) is 9.24. The van der Waals surface area contributed by atoms with E-state index in [2.05, 4.69) is 20.4 Å². The Bertz CT molecular complexity index is 537. The highest BCUT2D eigenvalue weighted by molar-refractivity contribution is 5.90. The number of nitrogens with zero attached hydrogens (tertiary/aromatic N) is 3. The summed E-state index contributed by atoms with van der Waals surface area (Å²) in [4.78, 5) is 19.8. The van der Waals surface area contributed by atoms with Crippen molar-refractivity contribution in [2.24, 2.45) is 0 Å². The van der Waals surface area contributed by atoms with E-state index in [0.29, 0.717) is 12.1 Å². The van der Waals surface area contributed by atoms with Gasteiger partial charge in [0.25, 0.3) is 0 Å². The van der Waals surface area contributed by atoms with E-state index < -0.39 is 5.91 Å². The molecule has 7 nitrogen and oxygen atoms in total. The lowest BCUT2D eigenvalue weighted by atomic mass is 10.2. The summed E-state index contributed by atoms with van der Waals surface area (Å²) in [6.07, 6.45) is 2.22. The van der Waals surface area contributed by atoms with E-state index in [1.807, 2.05) is 6.92 Å². The molecule has 2 heterocycles. The molecule has 0 saturated heterocycles. The Kier molecular flexibility index (Phi) is 4.19. The van der Waals surface area contributed by atoms with E-state index in [4.69, 9.17) is 9.63 Å². The van der Waals surface area contributed by atoms with Crippen LogP contribution in [0.4, 0.5) is 0 Å². The molecule has 1 amide bonds. The maximum atomic E-state index is 11.8. The number of amides is 1. The third-order valence-corrected chi connectivity index (χ3v) is 2.56. The molecule has 0 spiro atoms. The number of carbonyl (C=O) groups excluding carboxylic acids is 1. The highest BCUT2D eigenvalue weighted by atomic mass is 16.5. The van der Waals surface area contributed by atoms with Crippen LogP contribution >= 0.6 is 0 Å². The summed E-state index contributed by atoms with van der Waals surface area (Å²) in [7, 11) is 0. The van der Waals surface area contributed by atoms with Crippen LogP contribution in [0.15, 0.2) is 28.9 Å². The zero-order valence-corrected chi connectivity index (χ0v) is 10.4. The van der Waals surface area contributed by atoms with Gasteiger partial charge < -0.3 is 14.9 Å². The van der Waals surface area contributed by atoms with Gasteiger partial charge in [0.15, 0.2) is 0 Å². The topological polar surface area (TPSA) is 101 Å². The van der Waals surface area contributed by atoms with Crippen LogP contribution in [0.5, 0.6) is 0 Å². The molecule has 0 aliphatic heterocycles. The summed E-state index contributed by atoms with van der Waals surface area (Å²) < 4.78 is 4.88. The highest BCUT2D eigenvalue weighted by Crippen LogP contribution is 2.11. The molecule has 100 valence electrons. The molecule has 0 aromatic carbocycles.